The number of non-ortho nitro benzene ring substituents is 1. The van der Waals surface area contributed by atoms with Crippen LogP contribution < -0.4 is 10.6 Å². The van der Waals surface area contributed by atoms with Crippen LogP contribution >= 0.6 is 0 Å². The van der Waals surface area contributed by atoms with Crippen LogP contribution in [-0.4, -0.2) is 33.1 Å². The van der Waals surface area contributed by atoms with Crippen LogP contribution in [0.25, 0.3) is 11.8 Å². The summed E-state index contributed by atoms with van der Waals surface area (Å²) in [6.45, 7) is 7.87. The fourth-order valence-corrected chi connectivity index (χ4v) is 3.11. The molecule has 3 aromatic rings. The lowest BCUT2D eigenvalue weighted by Crippen LogP contribution is -2.32. The van der Waals surface area contributed by atoms with Gasteiger partial charge in [-0.3, -0.25) is 19.7 Å². The van der Waals surface area contributed by atoms with E-state index in [2.05, 4.69) is 10.6 Å². The van der Waals surface area contributed by atoms with Crippen molar-refractivity contribution in [2.45, 2.75) is 33.1 Å². The third-order valence-electron chi connectivity index (χ3n) is 5.04. The maximum atomic E-state index is 12.6. The molecule has 1 aromatic heterocycles. The van der Waals surface area contributed by atoms with E-state index in [-0.39, 0.29) is 17.6 Å². The summed E-state index contributed by atoms with van der Waals surface area (Å²) in [5.74, 6) is -0.344. The Kier molecular flexibility index (Phi) is 7.25. The molecule has 0 aliphatic heterocycles. The molecule has 2 aromatic carbocycles. The molecule has 0 bridgehead atoms. The smallest absolute Gasteiger partial charge is 0.269 e. The first-order chi connectivity index (χ1) is 16.0. The molecule has 0 fully saturated rings. The Hall–Kier alpha value is -4.27. The average molecular weight is 462 g/mol. The number of anilines is 1. The van der Waals surface area contributed by atoms with E-state index in [4.69, 9.17) is 5.10 Å². The van der Waals surface area contributed by atoms with Gasteiger partial charge in [-0.2, -0.15) is 5.10 Å². The van der Waals surface area contributed by atoms with Crippen LogP contribution in [0.5, 0.6) is 0 Å². The van der Waals surface area contributed by atoms with E-state index in [0.29, 0.717) is 11.4 Å². The Labute approximate surface area is 197 Å². The fraction of sp³-hybridized carbons (Fsp3) is 0.240. The van der Waals surface area contributed by atoms with Gasteiger partial charge in [0.1, 0.15) is 5.82 Å². The second kappa shape index (κ2) is 10.1. The Morgan fingerprint density at radius 1 is 1.12 bits per heavy atom. The van der Waals surface area contributed by atoms with Gasteiger partial charge in [-0.05, 0) is 42.3 Å². The lowest BCUT2D eigenvalue weighted by atomic mass is 9.92. The first-order valence-corrected chi connectivity index (χ1v) is 10.7. The van der Waals surface area contributed by atoms with Crippen LogP contribution in [0, 0.1) is 17.0 Å². The number of nitro benzene ring substituents is 1. The van der Waals surface area contributed by atoms with Crippen molar-refractivity contribution in [3.05, 3.63) is 87.6 Å². The van der Waals surface area contributed by atoms with Crippen LogP contribution in [0.1, 0.15) is 37.6 Å². The molecule has 0 aliphatic carbocycles. The van der Waals surface area contributed by atoms with E-state index in [9.17, 15) is 19.7 Å². The molecule has 0 radical (unpaired) electrons. The van der Waals surface area contributed by atoms with Crippen LogP contribution in [0.15, 0.2) is 60.7 Å². The minimum Gasteiger partial charge on any atom is -0.343 e. The van der Waals surface area contributed by atoms with Crippen LogP contribution in [-0.2, 0) is 15.0 Å². The minimum absolute atomic E-state index is 0.0298. The topological polar surface area (TPSA) is 119 Å². The maximum absolute atomic E-state index is 12.6. The first kappa shape index (κ1) is 24.4. The summed E-state index contributed by atoms with van der Waals surface area (Å²) in [6, 6.07) is 15.4. The number of benzene rings is 2. The van der Waals surface area contributed by atoms with Crippen molar-refractivity contribution in [2.75, 3.05) is 11.9 Å². The second-order valence-corrected chi connectivity index (χ2v) is 8.81. The van der Waals surface area contributed by atoms with Gasteiger partial charge in [-0.1, -0.05) is 39.0 Å². The van der Waals surface area contributed by atoms with Gasteiger partial charge < -0.3 is 10.6 Å². The summed E-state index contributed by atoms with van der Waals surface area (Å²) in [5, 5.41) is 20.8. The van der Waals surface area contributed by atoms with E-state index in [1.54, 1.807) is 4.68 Å². The summed E-state index contributed by atoms with van der Waals surface area (Å²) in [5.41, 5.74) is 3.06. The summed E-state index contributed by atoms with van der Waals surface area (Å²) >= 11 is 0. The predicted octanol–water partition coefficient (Wildman–Crippen LogP) is 4.15. The molecule has 9 heteroatoms. The van der Waals surface area contributed by atoms with Crippen molar-refractivity contribution >= 4 is 29.4 Å². The molecule has 0 aliphatic rings. The number of amides is 2. The number of nitro groups is 1. The summed E-state index contributed by atoms with van der Waals surface area (Å²) < 4.78 is 1.70. The molecule has 0 unspecified atom stereocenters. The Morgan fingerprint density at radius 2 is 1.79 bits per heavy atom. The molecule has 2 amide bonds. The van der Waals surface area contributed by atoms with E-state index in [1.807, 2.05) is 58.0 Å². The number of carbonyl (C=O) groups excluding carboxylic acids is 2. The fourth-order valence-electron chi connectivity index (χ4n) is 3.11. The number of carbonyl (C=O) groups is 2. The number of aromatic nitrogens is 2. The van der Waals surface area contributed by atoms with Crippen molar-refractivity contribution < 1.29 is 14.5 Å². The van der Waals surface area contributed by atoms with Crippen LogP contribution in [0.4, 0.5) is 11.5 Å². The molecule has 0 saturated carbocycles. The van der Waals surface area contributed by atoms with E-state index in [0.717, 1.165) is 16.9 Å². The number of para-hydroxylation sites is 1. The number of nitrogens with zero attached hydrogens (tertiary/aromatic N) is 3. The van der Waals surface area contributed by atoms with Crippen molar-refractivity contribution in [2.24, 2.45) is 0 Å². The van der Waals surface area contributed by atoms with Gasteiger partial charge in [0.15, 0.2) is 0 Å². The monoisotopic (exact) mass is 461 g/mol. The highest BCUT2D eigenvalue weighted by atomic mass is 16.6. The second-order valence-electron chi connectivity index (χ2n) is 8.81. The van der Waals surface area contributed by atoms with Gasteiger partial charge in [-0.25, -0.2) is 4.68 Å². The Bertz CT molecular complexity index is 1240. The van der Waals surface area contributed by atoms with E-state index in [1.165, 1.54) is 36.4 Å². The van der Waals surface area contributed by atoms with Gasteiger partial charge in [0.25, 0.3) is 5.69 Å². The number of nitrogens with one attached hydrogen (secondary N) is 2. The third-order valence-corrected chi connectivity index (χ3v) is 5.04. The largest absolute Gasteiger partial charge is 0.343 e. The van der Waals surface area contributed by atoms with E-state index >= 15 is 0 Å². The number of aryl methyl sites for hydroxylation is 1. The molecule has 0 atom stereocenters. The van der Waals surface area contributed by atoms with Crippen LogP contribution in [0.2, 0.25) is 0 Å². The molecule has 3 rings (SSSR count). The Balaban J connectivity index is 1.66. The third kappa shape index (κ3) is 6.16. The summed E-state index contributed by atoms with van der Waals surface area (Å²) in [4.78, 5) is 34.9. The molecule has 0 saturated heterocycles. The molecule has 176 valence electrons. The average Bonchev–Trinajstić information content (AvgIpc) is 3.21. The SMILES string of the molecule is Cc1ccccc1-n1nc(C(C)(C)C)cc1NC(=O)CNC(=O)C=Cc1ccc([N+](=O)[O-])cc1. The zero-order chi connectivity index (χ0) is 24.9. The minimum atomic E-state index is -0.492. The van der Waals surface area contributed by atoms with Gasteiger partial charge >= 0.3 is 0 Å². The maximum Gasteiger partial charge on any atom is 0.269 e. The van der Waals surface area contributed by atoms with Gasteiger partial charge in [0.2, 0.25) is 11.8 Å². The summed E-state index contributed by atoms with van der Waals surface area (Å²) in [6.07, 6.45) is 2.78. The molecule has 1 heterocycles. The molecule has 9 nitrogen and oxygen atoms in total. The van der Waals surface area contributed by atoms with Crippen molar-refractivity contribution in [3.8, 4) is 5.69 Å². The standard InChI is InChI=1S/C25H27N5O4/c1-17-7-5-6-8-20(17)29-22(15-21(28-29)25(2,3)4)27-24(32)16-26-23(31)14-11-18-9-12-19(13-10-18)30(33)34/h5-15H,16H2,1-4H3,(H,26,31)(H,27,32). The lowest BCUT2D eigenvalue weighted by Gasteiger charge is -2.14. The molecular formula is C25H27N5O4. The van der Waals surface area contributed by atoms with Gasteiger partial charge in [0, 0.05) is 29.7 Å². The predicted molar refractivity (Wildman–Crippen MR) is 131 cm³/mol. The normalized spacial score (nSPS) is 11.4. The molecule has 34 heavy (non-hydrogen) atoms. The van der Waals surface area contributed by atoms with Gasteiger partial charge in [0.05, 0.1) is 22.8 Å². The highest BCUT2D eigenvalue weighted by Crippen LogP contribution is 2.27. The highest BCUT2D eigenvalue weighted by Gasteiger charge is 2.22. The highest BCUT2D eigenvalue weighted by molar-refractivity contribution is 5.97. The zero-order valence-corrected chi connectivity index (χ0v) is 19.5. The molecular weight excluding hydrogens is 434 g/mol. The van der Waals surface area contributed by atoms with Crippen molar-refractivity contribution in [1.82, 2.24) is 15.1 Å². The van der Waals surface area contributed by atoms with Crippen molar-refractivity contribution in [1.29, 1.82) is 0 Å². The molecule has 2 N–H and O–H groups in total. The first-order valence-electron chi connectivity index (χ1n) is 10.7. The zero-order valence-electron chi connectivity index (χ0n) is 19.5. The Morgan fingerprint density at radius 3 is 2.41 bits per heavy atom. The lowest BCUT2D eigenvalue weighted by molar-refractivity contribution is -0.384. The summed E-state index contributed by atoms with van der Waals surface area (Å²) in [7, 11) is 0. The molecule has 0 spiro atoms. The van der Waals surface area contributed by atoms with Gasteiger partial charge in [-0.15, -0.1) is 0 Å². The number of rotatable bonds is 7. The number of hydrogen-bond donors (Lipinski definition) is 2. The quantitative estimate of drug-likeness (QED) is 0.311. The van der Waals surface area contributed by atoms with Crippen LogP contribution in [0.3, 0.4) is 0 Å². The van der Waals surface area contributed by atoms with E-state index < -0.39 is 16.7 Å². The number of hydrogen-bond acceptors (Lipinski definition) is 5. The van der Waals surface area contributed by atoms with Crippen molar-refractivity contribution in [3.63, 3.8) is 0 Å².